The first-order valence-electron chi connectivity index (χ1n) is 4.63. The van der Waals surface area contributed by atoms with Crippen molar-refractivity contribution in [3.63, 3.8) is 0 Å². The zero-order valence-electron chi connectivity index (χ0n) is 8.52. The van der Waals surface area contributed by atoms with E-state index in [0.29, 0.717) is 21.9 Å². The van der Waals surface area contributed by atoms with Gasteiger partial charge in [0, 0.05) is 6.92 Å². The van der Waals surface area contributed by atoms with Crippen LogP contribution >= 0.6 is 0 Å². The second-order valence-corrected chi connectivity index (χ2v) is 5.54. The molecule has 15 heavy (non-hydrogen) atoms. The van der Waals surface area contributed by atoms with Crippen LogP contribution in [0.2, 0.25) is 0 Å². The molecule has 0 radical (unpaired) electrons. The number of hydrogen-bond donors (Lipinski definition) is 0. The molecule has 0 amide bonds. The molecule has 0 spiro atoms. The molecule has 1 heterocycles. The van der Waals surface area contributed by atoms with Crippen molar-refractivity contribution in [2.75, 3.05) is 5.75 Å². The summed E-state index contributed by atoms with van der Waals surface area (Å²) in [5.41, 5.74) is 1.20. The van der Waals surface area contributed by atoms with Gasteiger partial charge in [0.2, 0.25) is 0 Å². The number of sulfone groups is 1. The molecular formula is C10H11NO3S. The van der Waals surface area contributed by atoms with Crippen LogP contribution in [0.3, 0.4) is 0 Å². The molecule has 2 rings (SSSR count). The largest absolute Gasteiger partial charge is 0.441 e. The monoisotopic (exact) mass is 225 g/mol. The number of fused-ring (bicyclic) bond motifs is 1. The lowest BCUT2D eigenvalue weighted by Crippen LogP contribution is -2.03. The van der Waals surface area contributed by atoms with Crippen molar-refractivity contribution in [3.8, 4) is 0 Å². The fourth-order valence-electron chi connectivity index (χ4n) is 1.38. The molecule has 0 aliphatic carbocycles. The van der Waals surface area contributed by atoms with Gasteiger partial charge in [0.1, 0.15) is 5.52 Å². The van der Waals surface area contributed by atoms with Crippen molar-refractivity contribution in [2.24, 2.45) is 0 Å². The van der Waals surface area contributed by atoms with Crippen LogP contribution in [0.1, 0.15) is 12.8 Å². The van der Waals surface area contributed by atoms with Crippen molar-refractivity contribution in [3.05, 3.63) is 24.1 Å². The number of rotatable bonds is 2. The summed E-state index contributed by atoms with van der Waals surface area (Å²) in [5.74, 6) is 0.631. The van der Waals surface area contributed by atoms with Crippen molar-refractivity contribution >= 4 is 20.9 Å². The van der Waals surface area contributed by atoms with Gasteiger partial charge in [-0.3, -0.25) is 0 Å². The Labute approximate surface area is 87.8 Å². The molecule has 0 saturated carbocycles. The minimum Gasteiger partial charge on any atom is -0.441 e. The molecule has 80 valence electrons. The summed E-state index contributed by atoms with van der Waals surface area (Å²) in [6, 6.07) is 4.73. The van der Waals surface area contributed by atoms with Gasteiger partial charge in [0.25, 0.3) is 0 Å². The molecule has 1 aromatic carbocycles. The Morgan fingerprint density at radius 1 is 1.40 bits per heavy atom. The lowest BCUT2D eigenvalue weighted by molar-refractivity contribution is 0.561. The Morgan fingerprint density at radius 2 is 2.13 bits per heavy atom. The summed E-state index contributed by atoms with van der Waals surface area (Å²) < 4.78 is 28.4. The molecule has 2 aromatic rings. The first-order valence-corrected chi connectivity index (χ1v) is 6.28. The van der Waals surface area contributed by atoms with E-state index in [1.54, 1.807) is 32.0 Å². The third-order valence-corrected chi connectivity index (χ3v) is 3.94. The Hall–Kier alpha value is -1.36. The van der Waals surface area contributed by atoms with Gasteiger partial charge in [-0.1, -0.05) is 6.92 Å². The highest BCUT2D eigenvalue weighted by molar-refractivity contribution is 7.91. The topological polar surface area (TPSA) is 60.2 Å². The minimum atomic E-state index is -3.16. The first kappa shape index (κ1) is 10.2. The highest BCUT2D eigenvalue weighted by Crippen LogP contribution is 2.20. The molecule has 0 atom stereocenters. The van der Waals surface area contributed by atoms with Crippen molar-refractivity contribution < 1.29 is 12.8 Å². The predicted molar refractivity (Wildman–Crippen MR) is 56.5 cm³/mol. The molecule has 4 nitrogen and oxygen atoms in total. The second-order valence-electron chi connectivity index (χ2n) is 3.27. The van der Waals surface area contributed by atoms with Gasteiger partial charge in [-0.25, -0.2) is 13.4 Å². The van der Waals surface area contributed by atoms with Crippen LogP contribution < -0.4 is 0 Å². The third kappa shape index (κ3) is 1.74. The second kappa shape index (κ2) is 3.34. The van der Waals surface area contributed by atoms with E-state index in [0.717, 1.165) is 0 Å². The van der Waals surface area contributed by atoms with Crippen LogP contribution in [-0.2, 0) is 9.84 Å². The molecule has 0 saturated heterocycles. The van der Waals surface area contributed by atoms with E-state index in [1.807, 2.05) is 0 Å². The molecule has 0 unspecified atom stereocenters. The van der Waals surface area contributed by atoms with Crippen LogP contribution in [-0.4, -0.2) is 19.2 Å². The number of aryl methyl sites for hydroxylation is 1. The molecule has 0 N–H and O–H groups in total. The number of hydrogen-bond acceptors (Lipinski definition) is 4. The standard InChI is InChI=1S/C10H11NO3S/c1-3-15(12,13)8-4-5-10-9(6-8)11-7(2)14-10/h4-6H,3H2,1-2H3. The van der Waals surface area contributed by atoms with Crippen molar-refractivity contribution in [1.29, 1.82) is 0 Å². The summed E-state index contributed by atoms with van der Waals surface area (Å²) in [7, 11) is -3.16. The Morgan fingerprint density at radius 3 is 2.80 bits per heavy atom. The van der Waals surface area contributed by atoms with Crippen LogP contribution in [0, 0.1) is 6.92 Å². The van der Waals surface area contributed by atoms with Gasteiger partial charge in [-0.2, -0.15) is 0 Å². The third-order valence-electron chi connectivity index (χ3n) is 2.21. The number of oxazole rings is 1. The van der Waals surface area contributed by atoms with Gasteiger partial charge in [0.05, 0.1) is 10.6 Å². The van der Waals surface area contributed by atoms with E-state index in [9.17, 15) is 8.42 Å². The molecule has 5 heteroatoms. The van der Waals surface area contributed by atoms with E-state index >= 15 is 0 Å². The van der Waals surface area contributed by atoms with Gasteiger partial charge >= 0.3 is 0 Å². The Balaban J connectivity index is 2.66. The Kier molecular flexibility index (Phi) is 2.26. The average Bonchev–Trinajstić information content (AvgIpc) is 2.56. The van der Waals surface area contributed by atoms with Gasteiger partial charge in [0.15, 0.2) is 21.3 Å². The van der Waals surface area contributed by atoms with Crippen molar-refractivity contribution in [1.82, 2.24) is 4.98 Å². The summed E-state index contributed by atoms with van der Waals surface area (Å²) in [4.78, 5) is 4.39. The molecular weight excluding hydrogens is 214 g/mol. The molecule has 0 aliphatic rings. The number of nitrogens with zero attached hydrogens (tertiary/aromatic N) is 1. The maximum atomic E-state index is 11.6. The summed E-state index contributed by atoms with van der Waals surface area (Å²) in [6.07, 6.45) is 0. The fraction of sp³-hybridized carbons (Fsp3) is 0.300. The maximum Gasteiger partial charge on any atom is 0.192 e. The minimum absolute atomic E-state index is 0.0926. The first-order chi connectivity index (χ1) is 7.03. The lowest BCUT2D eigenvalue weighted by Gasteiger charge is -1.99. The molecule has 0 fully saturated rings. The van der Waals surface area contributed by atoms with Gasteiger partial charge in [-0.05, 0) is 18.2 Å². The van der Waals surface area contributed by atoms with Gasteiger partial charge in [-0.15, -0.1) is 0 Å². The lowest BCUT2D eigenvalue weighted by atomic mass is 10.3. The van der Waals surface area contributed by atoms with Crippen LogP contribution in [0.4, 0.5) is 0 Å². The fourth-order valence-corrected chi connectivity index (χ4v) is 2.28. The highest BCUT2D eigenvalue weighted by atomic mass is 32.2. The number of aromatic nitrogens is 1. The van der Waals surface area contributed by atoms with E-state index in [-0.39, 0.29) is 5.75 Å². The zero-order valence-corrected chi connectivity index (χ0v) is 9.34. The number of benzene rings is 1. The summed E-state index contributed by atoms with van der Waals surface area (Å²) in [6.45, 7) is 3.35. The van der Waals surface area contributed by atoms with Gasteiger partial charge < -0.3 is 4.42 Å². The maximum absolute atomic E-state index is 11.6. The average molecular weight is 225 g/mol. The van der Waals surface area contributed by atoms with E-state index in [1.165, 1.54) is 0 Å². The van der Waals surface area contributed by atoms with Crippen LogP contribution in [0.5, 0.6) is 0 Å². The van der Waals surface area contributed by atoms with E-state index in [4.69, 9.17) is 4.42 Å². The quantitative estimate of drug-likeness (QED) is 0.783. The van der Waals surface area contributed by atoms with Crippen molar-refractivity contribution in [2.45, 2.75) is 18.7 Å². The predicted octanol–water partition coefficient (Wildman–Crippen LogP) is 1.93. The van der Waals surface area contributed by atoms with Crippen LogP contribution in [0.15, 0.2) is 27.5 Å². The summed E-state index contributed by atoms with van der Waals surface area (Å²) >= 11 is 0. The van der Waals surface area contributed by atoms with E-state index in [2.05, 4.69) is 4.98 Å². The highest BCUT2D eigenvalue weighted by Gasteiger charge is 2.13. The van der Waals surface area contributed by atoms with E-state index < -0.39 is 9.84 Å². The summed E-state index contributed by atoms with van der Waals surface area (Å²) in [5, 5.41) is 0. The Bertz CT molecular complexity index is 598. The zero-order chi connectivity index (χ0) is 11.1. The molecule has 0 aliphatic heterocycles. The van der Waals surface area contributed by atoms with Crippen LogP contribution in [0.25, 0.3) is 11.1 Å². The normalized spacial score (nSPS) is 12.1. The SMILES string of the molecule is CCS(=O)(=O)c1ccc2oc(C)nc2c1. The smallest absolute Gasteiger partial charge is 0.192 e. The molecule has 1 aromatic heterocycles. The molecule has 0 bridgehead atoms.